The lowest BCUT2D eigenvalue weighted by atomic mass is 9.84. The number of thioether (sulfide) groups is 1. The molecule has 2 rings (SSSR count). The van der Waals surface area contributed by atoms with Crippen molar-refractivity contribution in [1.29, 1.82) is 0 Å². The van der Waals surface area contributed by atoms with Gasteiger partial charge in [-0.15, -0.1) is 11.8 Å². The Kier molecular flexibility index (Phi) is 8.99. The van der Waals surface area contributed by atoms with Crippen LogP contribution in [0.15, 0.2) is 65.6 Å². The van der Waals surface area contributed by atoms with Crippen LogP contribution in [0, 0.1) is 0 Å². The van der Waals surface area contributed by atoms with E-state index in [2.05, 4.69) is 0 Å². The van der Waals surface area contributed by atoms with Crippen molar-refractivity contribution in [3.63, 3.8) is 0 Å². The van der Waals surface area contributed by atoms with Gasteiger partial charge in [0.05, 0.1) is 6.61 Å². The van der Waals surface area contributed by atoms with Gasteiger partial charge in [-0.05, 0) is 31.5 Å². The van der Waals surface area contributed by atoms with Gasteiger partial charge in [0, 0.05) is 23.2 Å². The largest absolute Gasteiger partial charge is 0.464 e. The molecule has 2 aromatic rings. The van der Waals surface area contributed by atoms with E-state index in [1.807, 2.05) is 67.6 Å². The Morgan fingerprint density at radius 2 is 1.67 bits per heavy atom. The van der Waals surface area contributed by atoms with Crippen molar-refractivity contribution in [2.24, 2.45) is 0 Å². The molecule has 0 aromatic heterocycles. The summed E-state index contributed by atoms with van der Waals surface area (Å²) in [4.78, 5) is 14.1. The molecule has 2 aromatic carbocycles. The van der Waals surface area contributed by atoms with Crippen molar-refractivity contribution in [2.45, 2.75) is 30.3 Å². The molecule has 0 aliphatic heterocycles. The maximum absolute atomic E-state index is 13.0. The standard InChI is InChI=1S/C21H25O4PS/c1-3-24-20(22)21(16-26-23,25-4-2)19(17-11-7-5-8-12-17)15-27-18-13-9-6-10-14-18/h5-14,19H,3-4,15-16H2,1-2H3/p+1. The van der Waals surface area contributed by atoms with Gasteiger partial charge in [0.1, 0.15) is 0 Å². The van der Waals surface area contributed by atoms with E-state index in [1.54, 1.807) is 18.7 Å². The minimum absolute atomic E-state index is 0.106. The lowest BCUT2D eigenvalue weighted by Crippen LogP contribution is -2.51. The summed E-state index contributed by atoms with van der Waals surface area (Å²) in [6, 6.07) is 19.8. The van der Waals surface area contributed by atoms with Crippen molar-refractivity contribution in [3.05, 3.63) is 66.2 Å². The molecule has 27 heavy (non-hydrogen) atoms. The molecule has 0 fully saturated rings. The van der Waals surface area contributed by atoms with E-state index in [9.17, 15) is 9.36 Å². The Balaban J connectivity index is 2.44. The monoisotopic (exact) mass is 405 g/mol. The van der Waals surface area contributed by atoms with E-state index >= 15 is 0 Å². The molecule has 144 valence electrons. The van der Waals surface area contributed by atoms with Crippen LogP contribution in [0.1, 0.15) is 25.3 Å². The van der Waals surface area contributed by atoms with Crippen LogP contribution in [-0.4, -0.2) is 36.7 Å². The number of carbonyl (C=O) groups is 1. The molecule has 3 atom stereocenters. The minimum atomic E-state index is -1.27. The van der Waals surface area contributed by atoms with Gasteiger partial charge in [0.15, 0.2) is 6.16 Å². The predicted octanol–water partition coefficient (Wildman–Crippen LogP) is 4.92. The second-order valence-corrected chi connectivity index (χ2v) is 7.69. The smallest absolute Gasteiger partial charge is 0.343 e. The van der Waals surface area contributed by atoms with Crippen molar-refractivity contribution in [1.82, 2.24) is 0 Å². The van der Waals surface area contributed by atoms with E-state index < -0.39 is 20.0 Å². The SMILES string of the molecule is CCOC(=O)C(C[PH+]=O)(OCC)C(CSc1ccccc1)c1ccccc1. The highest BCUT2D eigenvalue weighted by molar-refractivity contribution is 7.99. The number of carbonyl (C=O) groups excluding carboxylic acids is 1. The molecule has 3 unspecified atom stereocenters. The van der Waals surface area contributed by atoms with Gasteiger partial charge in [-0.25, -0.2) is 4.79 Å². The number of rotatable bonds is 11. The average Bonchev–Trinajstić information content (AvgIpc) is 2.70. The van der Waals surface area contributed by atoms with Crippen molar-refractivity contribution in [3.8, 4) is 0 Å². The maximum atomic E-state index is 13.0. The minimum Gasteiger partial charge on any atom is -0.464 e. The van der Waals surface area contributed by atoms with Gasteiger partial charge in [0.2, 0.25) is 5.60 Å². The highest BCUT2D eigenvalue weighted by Gasteiger charge is 2.51. The molecule has 0 heterocycles. The Morgan fingerprint density at radius 1 is 1.04 bits per heavy atom. The van der Waals surface area contributed by atoms with Gasteiger partial charge in [-0.3, -0.25) is 0 Å². The molecule has 0 saturated heterocycles. The molecule has 0 aliphatic rings. The first kappa shape index (κ1) is 21.6. The second kappa shape index (κ2) is 11.2. The summed E-state index contributed by atoms with van der Waals surface area (Å²) in [5, 5.41) is 0. The van der Waals surface area contributed by atoms with Crippen LogP contribution in [0.3, 0.4) is 0 Å². The highest BCUT2D eigenvalue weighted by atomic mass is 32.2. The first-order valence-corrected chi connectivity index (χ1v) is 11.2. The number of hydrogen-bond acceptors (Lipinski definition) is 5. The van der Waals surface area contributed by atoms with E-state index in [1.165, 1.54) is 0 Å². The molecule has 0 bridgehead atoms. The Bertz CT molecular complexity index is 711. The van der Waals surface area contributed by atoms with Gasteiger partial charge >= 0.3 is 14.4 Å². The molecule has 6 heteroatoms. The van der Waals surface area contributed by atoms with Crippen LogP contribution in [0.2, 0.25) is 0 Å². The first-order valence-electron chi connectivity index (χ1n) is 9.06. The highest BCUT2D eigenvalue weighted by Crippen LogP contribution is 2.39. The summed E-state index contributed by atoms with van der Waals surface area (Å²) in [6.45, 7) is 4.20. The van der Waals surface area contributed by atoms with E-state index in [-0.39, 0.29) is 18.7 Å². The van der Waals surface area contributed by atoms with Gasteiger partial charge in [-0.1, -0.05) is 53.1 Å². The quantitative estimate of drug-likeness (QED) is 0.302. The van der Waals surface area contributed by atoms with E-state index in [4.69, 9.17) is 9.47 Å². The van der Waals surface area contributed by atoms with Crippen molar-refractivity contribution >= 4 is 26.2 Å². The molecule has 0 aliphatic carbocycles. The van der Waals surface area contributed by atoms with Crippen LogP contribution in [0.25, 0.3) is 0 Å². The number of esters is 1. The summed E-state index contributed by atoms with van der Waals surface area (Å²) in [5.74, 6) is -0.126. The van der Waals surface area contributed by atoms with Gasteiger partial charge < -0.3 is 9.47 Å². The predicted molar refractivity (Wildman–Crippen MR) is 111 cm³/mol. The van der Waals surface area contributed by atoms with Crippen LogP contribution < -0.4 is 0 Å². The molecule has 0 radical (unpaired) electrons. The summed E-state index contributed by atoms with van der Waals surface area (Å²) >= 11 is 1.65. The van der Waals surface area contributed by atoms with E-state index in [0.717, 1.165) is 10.5 Å². The van der Waals surface area contributed by atoms with Crippen molar-refractivity contribution in [2.75, 3.05) is 25.1 Å². The zero-order chi connectivity index (χ0) is 19.5. The summed E-state index contributed by atoms with van der Waals surface area (Å²) in [5.41, 5.74) is -0.297. The maximum Gasteiger partial charge on any atom is 0.343 e. The zero-order valence-electron chi connectivity index (χ0n) is 15.7. The summed E-state index contributed by atoms with van der Waals surface area (Å²) in [6.07, 6.45) is 0.106. The second-order valence-electron chi connectivity index (χ2n) is 5.95. The topological polar surface area (TPSA) is 52.6 Å². The summed E-state index contributed by atoms with van der Waals surface area (Å²) < 4.78 is 23.0. The molecule has 0 saturated carbocycles. The third-order valence-corrected chi connectivity index (χ3v) is 6.06. The van der Waals surface area contributed by atoms with Gasteiger partial charge in [0.25, 0.3) is 0 Å². The molecule has 0 spiro atoms. The fourth-order valence-corrected chi connectivity index (χ4v) is 4.93. The summed E-state index contributed by atoms with van der Waals surface area (Å²) in [7, 11) is -0.660. The Labute approximate surface area is 166 Å². The normalized spacial score (nSPS) is 14.4. The molecule has 4 nitrogen and oxygen atoms in total. The fraction of sp³-hybridized carbons (Fsp3) is 0.381. The fourth-order valence-electron chi connectivity index (χ4n) is 3.05. The van der Waals surface area contributed by atoms with E-state index in [0.29, 0.717) is 12.4 Å². The van der Waals surface area contributed by atoms with Crippen LogP contribution in [0.5, 0.6) is 0 Å². The lowest BCUT2D eigenvalue weighted by molar-refractivity contribution is -0.171. The number of ether oxygens (including phenoxy) is 2. The lowest BCUT2D eigenvalue weighted by Gasteiger charge is -2.35. The third-order valence-electron chi connectivity index (χ3n) is 4.28. The zero-order valence-corrected chi connectivity index (χ0v) is 17.5. The molecular weight excluding hydrogens is 379 g/mol. The average molecular weight is 405 g/mol. The Morgan fingerprint density at radius 3 is 2.22 bits per heavy atom. The number of benzene rings is 2. The molecule has 0 amide bonds. The third kappa shape index (κ3) is 5.65. The van der Waals surface area contributed by atoms with Crippen LogP contribution >= 0.6 is 20.2 Å². The van der Waals surface area contributed by atoms with Crippen LogP contribution in [0.4, 0.5) is 0 Å². The Hall–Kier alpha value is -1.68. The number of hydrogen-bond donors (Lipinski definition) is 0. The molecule has 0 N–H and O–H groups in total. The van der Waals surface area contributed by atoms with Crippen LogP contribution in [-0.2, 0) is 18.8 Å². The van der Waals surface area contributed by atoms with Gasteiger partial charge in [-0.2, -0.15) is 0 Å². The van der Waals surface area contributed by atoms with Crippen molar-refractivity contribution < 1.29 is 18.8 Å². The first-order chi connectivity index (χ1) is 13.2. The molecular formula is C21H26O4PS+.